The second kappa shape index (κ2) is 10.6. The Morgan fingerprint density at radius 1 is 1.05 bits per heavy atom. The molecule has 4 heterocycles. The summed E-state index contributed by atoms with van der Waals surface area (Å²) in [5, 5.41) is 10.9. The highest BCUT2D eigenvalue weighted by Crippen LogP contribution is 2.59. The number of ether oxygens (including phenoxy) is 1. The highest BCUT2D eigenvalue weighted by molar-refractivity contribution is 6.34. The van der Waals surface area contributed by atoms with E-state index in [1.54, 1.807) is 15.9 Å². The number of hydrogen-bond donors (Lipinski definition) is 1. The van der Waals surface area contributed by atoms with Crippen LogP contribution < -0.4 is 4.90 Å². The number of carbonyl (C=O) groups is 3. The molecule has 0 aromatic heterocycles. The first-order chi connectivity index (χ1) is 19.1. The molecule has 9 heteroatoms. The average molecular weight is 570 g/mol. The molecule has 0 saturated carbocycles. The quantitative estimate of drug-likeness (QED) is 0.505. The standard InChI is InChI=1S/C31H40ClN3O5/c1-6-15-33-16-9-13-30(7-2)23(27(33)37)24-28(38)35(22(18-36)19(3)4)26-29(39)34(17-10-14-31(24,26)40-30)25-20(5)11-8-12-21(25)32/h8-14,19,22-24,26,36H,6-7,15-18H2,1-5H3/t22-,23+,24-,26?,30-,31-/m0/s1. The monoisotopic (exact) mass is 569 g/mol. The predicted octanol–water partition coefficient (Wildman–Crippen LogP) is 3.74. The number of aryl methyl sites for hydroxylation is 1. The molecule has 216 valence electrons. The Balaban J connectivity index is 1.72. The molecule has 6 atom stereocenters. The number of benzene rings is 1. The number of aliphatic hydroxyl groups is 1. The number of aliphatic hydroxyl groups excluding tert-OH is 1. The molecular formula is C31H40ClN3O5. The summed E-state index contributed by atoms with van der Waals surface area (Å²) in [4.78, 5) is 48.5. The number of amides is 3. The average Bonchev–Trinajstić information content (AvgIpc) is 3.21. The second-order valence-corrected chi connectivity index (χ2v) is 12.2. The van der Waals surface area contributed by atoms with Crippen molar-refractivity contribution in [1.29, 1.82) is 0 Å². The first-order valence-corrected chi connectivity index (χ1v) is 14.8. The minimum absolute atomic E-state index is 0.126. The van der Waals surface area contributed by atoms with Gasteiger partial charge in [0.15, 0.2) is 0 Å². The lowest BCUT2D eigenvalue weighted by molar-refractivity contribution is -0.153. The number of anilines is 1. The maximum Gasteiger partial charge on any atom is 0.253 e. The van der Waals surface area contributed by atoms with Crippen LogP contribution in [0.25, 0.3) is 0 Å². The van der Waals surface area contributed by atoms with E-state index < -0.39 is 35.1 Å². The number of halogens is 1. The number of nitrogens with zero attached hydrogens (tertiary/aromatic N) is 3. The van der Waals surface area contributed by atoms with Crippen molar-refractivity contribution in [2.24, 2.45) is 17.8 Å². The summed E-state index contributed by atoms with van der Waals surface area (Å²) in [7, 11) is 0. The van der Waals surface area contributed by atoms with Gasteiger partial charge < -0.3 is 24.5 Å². The van der Waals surface area contributed by atoms with Gasteiger partial charge in [0.25, 0.3) is 5.91 Å². The van der Waals surface area contributed by atoms with E-state index in [1.165, 1.54) is 4.90 Å². The Bertz CT molecular complexity index is 1240. The Hall–Kier alpha value is -2.68. The van der Waals surface area contributed by atoms with Gasteiger partial charge in [0.2, 0.25) is 11.8 Å². The molecule has 8 nitrogen and oxygen atoms in total. The van der Waals surface area contributed by atoms with Crippen LogP contribution >= 0.6 is 11.6 Å². The molecule has 1 aromatic carbocycles. The fourth-order valence-electron chi connectivity index (χ4n) is 7.36. The lowest BCUT2D eigenvalue weighted by Gasteiger charge is -2.42. The molecule has 4 aliphatic heterocycles. The molecule has 1 aromatic rings. The Kier molecular flexibility index (Phi) is 7.66. The lowest BCUT2D eigenvalue weighted by atomic mass is 9.73. The summed E-state index contributed by atoms with van der Waals surface area (Å²) < 4.78 is 7.02. The summed E-state index contributed by atoms with van der Waals surface area (Å²) in [6, 6.07) is 3.77. The van der Waals surface area contributed by atoms with Gasteiger partial charge in [-0.05, 0) is 37.3 Å². The van der Waals surface area contributed by atoms with E-state index in [4.69, 9.17) is 16.3 Å². The zero-order valence-corrected chi connectivity index (χ0v) is 24.7. The molecular weight excluding hydrogens is 530 g/mol. The van der Waals surface area contributed by atoms with Gasteiger partial charge in [-0.1, -0.05) is 75.7 Å². The van der Waals surface area contributed by atoms with Crippen molar-refractivity contribution in [1.82, 2.24) is 9.80 Å². The smallest absolute Gasteiger partial charge is 0.253 e. The van der Waals surface area contributed by atoms with Crippen LogP contribution in [0, 0.1) is 24.7 Å². The SMILES string of the molecule is CCCN1CC=C[C@]2(CC)O[C@]34C=CCN(c5c(C)cccc5Cl)C(=O)C3N([C@@H](CO)C(C)C)C(=O)[C@@H]4[C@@H]2C1=O. The van der Waals surface area contributed by atoms with Crippen LogP contribution in [0.5, 0.6) is 0 Å². The fourth-order valence-corrected chi connectivity index (χ4v) is 7.69. The first kappa shape index (κ1) is 28.8. The lowest BCUT2D eigenvalue weighted by Crippen LogP contribution is -2.60. The van der Waals surface area contributed by atoms with Crippen molar-refractivity contribution in [3.63, 3.8) is 0 Å². The Labute approximate surface area is 241 Å². The topological polar surface area (TPSA) is 90.4 Å². The predicted molar refractivity (Wildman–Crippen MR) is 154 cm³/mol. The number of rotatable bonds is 7. The maximum absolute atomic E-state index is 14.7. The number of para-hydroxylation sites is 1. The summed E-state index contributed by atoms with van der Waals surface area (Å²) >= 11 is 6.64. The van der Waals surface area contributed by atoms with Crippen molar-refractivity contribution in [3.05, 3.63) is 53.1 Å². The van der Waals surface area contributed by atoms with Crippen LogP contribution in [0.4, 0.5) is 5.69 Å². The third kappa shape index (κ3) is 4.05. The molecule has 1 unspecified atom stereocenters. The van der Waals surface area contributed by atoms with Crippen LogP contribution in [-0.4, -0.2) is 82.2 Å². The van der Waals surface area contributed by atoms with Crippen LogP contribution in [0.2, 0.25) is 5.02 Å². The summed E-state index contributed by atoms with van der Waals surface area (Å²) in [5.41, 5.74) is -0.997. The summed E-state index contributed by atoms with van der Waals surface area (Å²) in [5.74, 6) is -2.63. The fraction of sp³-hybridized carbons (Fsp3) is 0.581. The van der Waals surface area contributed by atoms with Gasteiger partial charge in [0.05, 0.1) is 40.8 Å². The van der Waals surface area contributed by atoms with E-state index in [0.717, 1.165) is 12.0 Å². The van der Waals surface area contributed by atoms with E-state index in [1.807, 2.05) is 71.1 Å². The third-order valence-corrected chi connectivity index (χ3v) is 9.53. The van der Waals surface area contributed by atoms with E-state index in [-0.39, 0.29) is 36.8 Å². The van der Waals surface area contributed by atoms with Crippen LogP contribution in [0.1, 0.15) is 46.1 Å². The van der Waals surface area contributed by atoms with Crippen molar-refractivity contribution in [3.8, 4) is 0 Å². The Morgan fingerprint density at radius 2 is 1.77 bits per heavy atom. The van der Waals surface area contributed by atoms with E-state index in [0.29, 0.717) is 30.2 Å². The number of likely N-dealkylation sites (tertiary alicyclic amines) is 1. The largest absolute Gasteiger partial charge is 0.394 e. The molecule has 1 spiro atoms. The molecule has 0 aliphatic carbocycles. The highest BCUT2D eigenvalue weighted by Gasteiger charge is 2.76. The van der Waals surface area contributed by atoms with E-state index >= 15 is 0 Å². The molecule has 0 bridgehead atoms. The van der Waals surface area contributed by atoms with Crippen molar-refractivity contribution in [2.45, 2.75) is 70.7 Å². The second-order valence-electron chi connectivity index (χ2n) is 11.8. The molecule has 4 aliphatic rings. The van der Waals surface area contributed by atoms with Crippen LogP contribution in [0.15, 0.2) is 42.5 Å². The number of fused-ring (bicyclic) bond motifs is 2. The summed E-state index contributed by atoms with van der Waals surface area (Å²) in [6.45, 7) is 10.7. The van der Waals surface area contributed by atoms with Gasteiger partial charge in [0.1, 0.15) is 11.6 Å². The normalized spacial score (nSPS) is 32.4. The zero-order valence-electron chi connectivity index (χ0n) is 24.0. The minimum Gasteiger partial charge on any atom is -0.394 e. The van der Waals surface area contributed by atoms with E-state index in [9.17, 15) is 19.5 Å². The molecule has 5 rings (SSSR count). The highest BCUT2D eigenvalue weighted by atomic mass is 35.5. The van der Waals surface area contributed by atoms with Crippen molar-refractivity contribution >= 4 is 35.0 Å². The third-order valence-electron chi connectivity index (χ3n) is 9.23. The van der Waals surface area contributed by atoms with Crippen LogP contribution in [0.3, 0.4) is 0 Å². The van der Waals surface area contributed by atoms with Gasteiger partial charge >= 0.3 is 0 Å². The molecule has 3 amide bonds. The first-order valence-electron chi connectivity index (χ1n) is 14.4. The van der Waals surface area contributed by atoms with Gasteiger partial charge in [-0.15, -0.1) is 0 Å². The van der Waals surface area contributed by atoms with Gasteiger partial charge in [-0.25, -0.2) is 0 Å². The van der Waals surface area contributed by atoms with Gasteiger partial charge in [-0.3, -0.25) is 14.4 Å². The van der Waals surface area contributed by atoms with Gasteiger partial charge in [-0.2, -0.15) is 0 Å². The number of carbonyl (C=O) groups excluding carboxylic acids is 3. The van der Waals surface area contributed by atoms with Crippen molar-refractivity contribution in [2.75, 3.05) is 31.1 Å². The maximum atomic E-state index is 14.7. The Morgan fingerprint density at radius 3 is 2.40 bits per heavy atom. The molecule has 2 fully saturated rings. The molecule has 2 saturated heterocycles. The van der Waals surface area contributed by atoms with E-state index in [2.05, 4.69) is 0 Å². The zero-order chi connectivity index (χ0) is 29.0. The van der Waals surface area contributed by atoms with Crippen molar-refractivity contribution < 1.29 is 24.2 Å². The molecule has 40 heavy (non-hydrogen) atoms. The summed E-state index contributed by atoms with van der Waals surface area (Å²) in [6.07, 6.45) is 8.86. The number of hydrogen-bond acceptors (Lipinski definition) is 5. The molecule has 1 N–H and O–H groups in total. The minimum atomic E-state index is -1.38. The van der Waals surface area contributed by atoms with Gasteiger partial charge in [0, 0.05) is 19.6 Å². The molecule has 0 radical (unpaired) electrons. The van der Waals surface area contributed by atoms with Crippen LogP contribution in [-0.2, 0) is 19.1 Å².